The topological polar surface area (TPSA) is 123 Å². The first-order valence-corrected chi connectivity index (χ1v) is 12.4. The van der Waals surface area contributed by atoms with Crippen LogP contribution in [0.4, 0.5) is 4.39 Å². The molecular weight excluding hydrogens is 451 g/mol. The van der Waals surface area contributed by atoms with E-state index in [0.717, 1.165) is 25.2 Å². The number of benzene rings is 1. The quantitative estimate of drug-likeness (QED) is 0.517. The first kappa shape index (κ1) is 24.7. The van der Waals surface area contributed by atoms with Crippen molar-refractivity contribution < 1.29 is 27.1 Å². The Labute approximate surface area is 192 Å². The number of piperidine rings is 1. The number of sulfone groups is 1. The summed E-state index contributed by atoms with van der Waals surface area (Å²) in [6.45, 7) is 3.51. The third-order valence-corrected chi connectivity index (χ3v) is 6.42. The highest BCUT2D eigenvalue weighted by Crippen LogP contribution is 2.31. The molecule has 1 N–H and O–H groups in total. The first-order valence-electron chi connectivity index (χ1n) is 10.6. The van der Waals surface area contributed by atoms with Crippen LogP contribution in [0.1, 0.15) is 31.2 Å². The summed E-state index contributed by atoms with van der Waals surface area (Å²) < 4.78 is 49.1. The molecule has 1 aromatic heterocycles. The van der Waals surface area contributed by atoms with Crippen LogP contribution >= 0.6 is 0 Å². The Morgan fingerprint density at radius 1 is 1.27 bits per heavy atom. The summed E-state index contributed by atoms with van der Waals surface area (Å²) >= 11 is 0. The normalized spacial score (nSPS) is 15.2. The number of halogens is 1. The minimum absolute atomic E-state index is 0.0924. The van der Waals surface area contributed by atoms with Crippen molar-refractivity contribution in [3.63, 3.8) is 0 Å². The van der Waals surface area contributed by atoms with Gasteiger partial charge in [0.1, 0.15) is 18.2 Å². The number of aromatic nitrogens is 2. The summed E-state index contributed by atoms with van der Waals surface area (Å²) in [5.41, 5.74) is 0.494. The highest BCUT2D eigenvalue weighted by Gasteiger charge is 2.24. The van der Waals surface area contributed by atoms with Gasteiger partial charge in [-0.25, -0.2) is 22.8 Å². The van der Waals surface area contributed by atoms with Crippen LogP contribution in [0.3, 0.4) is 0 Å². The molecule has 2 heterocycles. The number of likely N-dealkylation sites (tertiary alicyclic amines) is 1. The van der Waals surface area contributed by atoms with E-state index in [2.05, 4.69) is 14.9 Å². The summed E-state index contributed by atoms with van der Waals surface area (Å²) in [6.07, 6.45) is 5.72. The maximum Gasteiger partial charge on any atom is 0.229 e. The van der Waals surface area contributed by atoms with Crippen molar-refractivity contribution in [3.8, 4) is 17.5 Å². The van der Waals surface area contributed by atoms with Crippen LogP contribution < -0.4 is 9.47 Å². The van der Waals surface area contributed by atoms with Crippen molar-refractivity contribution in [1.29, 1.82) is 5.41 Å². The molecule has 0 saturated carbocycles. The molecular formula is C22H27FN4O5S. The molecule has 0 atom stereocenters. The fourth-order valence-electron chi connectivity index (χ4n) is 3.44. The van der Waals surface area contributed by atoms with Gasteiger partial charge in [0.15, 0.2) is 21.4 Å². The lowest BCUT2D eigenvalue weighted by Gasteiger charge is -2.31. The predicted molar refractivity (Wildman–Crippen MR) is 119 cm³/mol. The van der Waals surface area contributed by atoms with Crippen LogP contribution in [0.15, 0.2) is 29.4 Å². The Balaban J connectivity index is 1.61. The lowest BCUT2D eigenvalue weighted by molar-refractivity contribution is -0.120. The molecule has 0 aliphatic carbocycles. The zero-order chi connectivity index (χ0) is 24.0. The van der Waals surface area contributed by atoms with Gasteiger partial charge in [-0.15, -0.1) is 0 Å². The maximum absolute atomic E-state index is 14.4. The number of hydrogen-bond donors (Lipinski definition) is 1. The monoisotopic (exact) mass is 478 g/mol. The van der Waals surface area contributed by atoms with Gasteiger partial charge in [-0.1, -0.05) is 0 Å². The molecule has 0 amide bonds. The van der Waals surface area contributed by atoms with E-state index >= 15 is 0 Å². The molecule has 11 heteroatoms. The standard InChI is InChI=1S/C22H27FN4O5S/c1-15-21(31-17-7-10-27(11-8-17)13-16(28)4-3-9-24)25-14-26-22(15)32-20-6-5-18(12-19(20)23)33(2,29)30/h5-6,9,12,14,17,24H,3-4,7-8,10-11,13H2,1-2H3. The predicted octanol–water partition coefficient (Wildman–Crippen LogP) is 2.96. The van der Waals surface area contributed by atoms with E-state index in [1.54, 1.807) is 6.92 Å². The van der Waals surface area contributed by atoms with Gasteiger partial charge in [0.25, 0.3) is 0 Å². The Morgan fingerprint density at radius 3 is 2.61 bits per heavy atom. The number of rotatable bonds is 10. The fraction of sp³-hybridized carbons (Fsp3) is 0.455. The van der Waals surface area contributed by atoms with Crippen LogP contribution in [-0.4, -0.2) is 67.3 Å². The van der Waals surface area contributed by atoms with Crippen LogP contribution in [0, 0.1) is 18.2 Å². The number of Topliss-reactive ketones (excluding diaryl/α,β-unsaturated/α-hetero) is 1. The fourth-order valence-corrected chi connectivity index (χ4v) is 4.08. The molecule has 1 aromatic carbocycles. The van der Waals surface area contributed by atoms with E-state index in [1.165, 1.54) is 24.7 Å². The summed E-state index contributed by atoms with van der Waals surface area (Å²) in [4.78, 5) is 22.1. The third kappa shape index (κ3) is 6.78. The highest BCUT2D eigenvalue weighted by atomic mass is 32.2. The van der Waals surface area contributed by atoms with E-state index in [9.17, 15) is 17.6 Å². The molecule has 1 aliphatic rings. The zero-order valence-electron chi connectivity index (χ0n) is 18.6. The first-order chi connectivity index (χ1) is 15.7. The van der Waals surface area contributed by atoms with Crippen molar-refractivity contribution in [3.05, 3.63) is 35.9 Å². The van der Waals surface area contributed by atoms with Crippen LogP contribution in [-0.2, 0) is 14.6 Å². The Morgan fingerprint density at radius 2 is 1.97 bits per heavy atom. The van der Waals surface area contributed by atoms with E-state index < -0.39 is 15.7 Å². The van der Waals surface area contributed by atoms with Crippen molar-refractivity contribution in [1.82, 2.24) is 14.9 Å². The van der Waals surface area contributed by atoms with Gasteiger partial charge < -0.3 is 14.9 Å². The van der Waals surface area contributed by atoms with Crippen molar-refractivity contribution in [2.45, 2.75) is 43.6 Å². The lowest BCUT2D eigenvalue weighted by Crippen LogP contribution is -2.41. The molecule has 2 aromatic rings. The van der Waals surface area contributed by atoms with Gasteiger partial charge in [-0.3, -0.25) is 9.69 Å². The van der Waals surface area contributed by atoms with Gasteiger partial charge in [-0.05, 0) is 50.6 Å². The smallest absolute Gasteiger partial charge is 0.229 e. The molecule has 0 spiro atoms. The summed E-state index contributed by atoms with van der Waals surface area (Å²) in [5.74, 6) is -0.408. The van der Waals surface area contributed by atoms with Crippen LogP contribution in [0.2, 0.25) is 0 Å². The molecule has 0 bridgehead atoms. The van der Waals surface area contributed by atoms with Crippen molar-refractivity contribution in [2.75, 3.05) is 25.9 Å². The van der Waals surface area contributed by atoms with E-state index in [-0.39, 0.29) is 28.4 Å². The average molecular weight is 479 g/mol. The number of hydrogen-bond acceptors (Lipinski definition) is 9. The second-order valence-corrected chi connectivity index (χ2v) is 9.97. The highest BCUT2D eigenvalue weighted by molar-refractivity contribution is 7.90. The SMILES string of the molecule is Cc1c(Oc2ccc(S(C)(=O)=O)cc2F)ncnc1OC1CCN(CC(=O)CCC=N)CC1. The zero-order valence-corrected chi connectivity index (χ0v) is 19.4. The van der Waals surface area contributed by atoms with Gasteiger partial charge >= 0.3 is 0 Å². The molecule has 1 aliphatic heterocycles. The molecule has 0 radical (unpaired) electrons. The van der Waals surface area contributed by atoms with E-state index in [4.69, 9.17) is 14.9 Å². The Bertz CT molecular complexity index is 1120. The van der Waals surface area contributed by atoms with Crippen LogP contribution in [0.5, 0.6) is 17.5 Å². The molecule has 3 rings (SSSR count). The second-order valence-electron chi connectivity index (χ2n) is 7.95. The third-order valence-electron chi connectivity index (χ3n) is 5.31. The van der Waals surface area contributed by atoms with Gasteiger partial charge in [-0.2, -0.15) is 0 Å². The summed E-state index contributed by atoms with van der Waals surface area (Å²) in [6, 6.07) is 3.42. The van der Waals surface area contributed by atoms with E-state index in [1.807, 2.05) is 0 Å². The van der Waals surface area contributed by atoms with E-state index in [0.29, 0.717) is 43.9 Å². The average Bonchev–Trinajstić information content (AvgIpc) is 2.77. The number of nitrogens with zero attached hydrogens (tertiary/aromatic N) is 3. The Kier molecular flexibility index (Phi) is 8.09. The number of ketones is 1. The minimum atomic E-state index is -3.53. The Hall–Kier alpha value is -2.92. The van der Waals surface area contributed by atoms with Gasteiger partial charge in [0, 0.05) is 25.8 Å². The molecule has 178 valence electrons. The number of nitrogens with one attached hydrogen (secondary N) is 1. The molecule has 0 unspecified atom stereocenters. The van der Waals surface area contributed by atoms with Crippen LogP contribution in [0.25, 0.3) is 0 Å². The van der Waals surface area contributed by atoms with Gasteiger partial charge in [0.2, 0.25) is 11.8 Å². The number of carbonyl (C=O) groups is 1. The number of ether oxygens (including phenoxy) is 2. The second kappa shape index (κ2) is 10.8. The summed E-state index contributed by atoms with van der Waals surface area (Å²) in [5, 5.41) is 7.02. The molecule has 1 saturated heterocycles. The molecule has 9 nitrogen and oxygen atoms in total. The molecule has 1 fully saturated rings. The summed E-state index contributed by atoms with van der Waals surface area (Å²) in [7, 11) is -3.53. The van der Waals surface area contributed by atoms with Crippen molar-refractivity contribution in [2.24, 2.45) is 0 Å². The molecule has 33 heavy (non-hydrogen) atoms. The number of carbonyl (C=O) groups excluding carboxylic acids is 1. The van der Waals surface area contributed by atoms with Gasteiger partial charge in [0.05, 0.1) is 17.0 Å². The minimum Gasteiger partial charge on any atom is -0.474 e. The maximum atomic E-state index is 14.4. The largest absolute Gasteiger partial charge is 0.474 e. The lowest BCUT2D eigenvalue weighted by atomic mass is 10.1. The van der Waals surface area contributed by atoms with Crippen molar-refractivity contribution >= 4 is 21.8 Å².